The van der Waals surface area contributed by atoms with Crippen LogP contribution in [0.5, 0.6) is 5.88 Å². The fourth-order valence-corrected chi connectivity index (χ4v) is 3.92. The van der Waals surface area contributed by atoms with Gasteiger partial charge in [-0.15, -0.1) is 5.11 Å². The van der Waals surface area contributed by atoms with E-state index in [1.54, 1.807) is 24.3 Å². The molecule has 3 aromatic carbocycles. The van der Waals surface area contributed by atoms with Crippen LogP contribution in [-0.4, -0.2) is 14.2 Å². The number of hydrogen-bond donors (Lipinski definition) is 1. The van der Waals surface area contributed by atoms with Gasteiger partial charge in [0.05, 0.1) is 17.1 Å². The predicted octanol–water partition coefficient (Wildman–Crippen LogP) is 6.85. The van der Waals surface area contributed by atoms with Crippen molar-refractivity contribution in [2.75, 3.05) is 0 Å². The lowest BCUT2D eigenvalue weighted by Gasteiger charge is -2.16. The normalized spacial score (nSPS) is 11.2. The first-order valence-corrected chi connectivity index (χ1v) is 11.3. The number of hydrogen-bond acceptors (Lipinski definition) is 5. The second-order valence-corrected chi connectivity index (χ2v) is 8.95. The van der Waals surface area contributed by atoms with Gasteiger partial charge in [0, 0.05) is 8.04 Å². The molecule has 9 heteroatoms. The molecule has 31 heavy (non-hydrogen) atoms. The van der Waals surface area contributed by atoms with Crippen LogP contribution in [0.4, 0.5) is 11.4 Å². The number of para-hydroxylation sites is 1. The maximum Gasteiger partial charge on any atom is 0.290 e. The third kappa shape index (κ3) is 4.53. The molecule has 0 atom stereocenters. The van der Waals surface area contributed by atoms with Crippen molar-refractivity contribution >= 4 is 62.1 Å². The second-order valence-electron chi connectivity index (χ2n) is 6.42. The van der Waals surface area contributed by atoms with Gasteiger partial charge in [-0.3, -0.25) is 13.9 Å². The molecule has 1 heterocycles. The Morgan fingerprint density at radius 3 is 2.10 bits per heavy atom. The third-order valence-corrected chi connectivity index (χ3v) is 6.02. The number of nitrogens with zero attached hydrogens (tertiary/aromatic N) is 4. The van der Waals surface area contributed by atoms with Crippen LogP contribution in [-0.2, 0) is 0 Å². The Morgan fingerprint density at radius 1 is 0.839 bits per heavy atom. The van der Waals surface area contributed by atoms with Gasteiger partial charge in [0.2, 0.25) is 11.6 Å². The van der Waals surface area contributed by atoms with Gasteiger partial charge in [-0.2, -0.15) is 5.11 Å². The zero-order valence-electron chi connectivity index (χ0n) is 15.8. The molecule has 0 fully saturated rings. The molecule has 0 amide bonds. The third-order valence-electron chi connectivity index (χ3n) is 4.40. The number of aromatic hydroxyl groups is 1. The van der Waals surface area contributed by atoms with Gasteiger partial charge in [-0.05, 0) is 95.5 Å². The molecule has 0 radical (unpaired) electrons. The highest BCUT2D eigenvalue weighted by Crippen LogP contribution is 2.29. The number of rotatable bonds is 4. The fraction of sp³-hybridized carbons (Fsp3) is 0. The van der Waals surface area contributed by atoms with Gasteiger partial charge in [0.1, 0.15) is 0 Å². The highest BCUT2D eigenvalue weighted by molar-refractivity contribution is 14.1. The van der Waals surface area contributed by atoms with Gasteiger partial charge in [0.15, 0.2) is 4.77 Å². The number of halogens is 2. The zero-order chi connectivity index (χ0) is 22.0. The molecule has 6 nitrogen and oxygen atoms in total. The summed E-state index contributed by atoms with van der Waals surface area (Å²) in [4.78, 5) is 13.3. The van der Waals surface area contributed by atoms with Crippen molar-refractivity contribution in [1.82, 2.24) is 9.13 Å². The predicted molar refractivity (Wildman–Crippen MR) is 135 cm³/mol. The monoisotopic (exact) mass is 604 g/mol. The highest BCUT2D eigenvalue weighted by atomic mass is 127. The lowest BCUT2D eigenvalue weighted by Crippen LogP contribution is -2.23. The summed E-state index contributed by atoms with van der Waals surface area (Å²) >= 11 is 11.2. The van der Waals surface area contributed by atoms with Crippen LogP contribution in [0.3, 0.4) is 0 Å². The molecule has 0 aliphatic heterocycles. The van der Waals surface area contributed by atoms with E-state index in [9.17, 15) is 9.90 Å². The van der Waals surface area contributed by atoms with E-state index in [2.05, 4.69) is 48.7 Å². The molecule has 1 aromatic heterocycles. The number of azo groups is 1. The number of aromatic nitrogens is 2. The van der Waals surface area contributed by atoms with Crippen molar-refractivity contribution in [3.63, 3.8) is 0 Å². The Kier molecular flexibility index (Phi) is 6.44. The van der Waals surface area contributed by atoms with E-state index in [0.29, 0.717) is 17.1 Å². The molecular weight excluding hydrogens is 591 g/mol. The van der Waals surface area contributed by atoms with Crippen molar-refractivity contribution < 1.29 is 5.11 Å². The van der Waals surface area contributed by atoms with Crippen LogP contribution < -0.4 is 5.56 Å². The summed E-state index contributed by atoms with van der Waals surface area (Å²) < 4.78 is 4.79. The highest BCUT2D eigenvalue weighted by Gasteiger charge is 2.19. The fourth-order valence-electron chi connectivity index (χ4n) is 2.92. The summed E-state index contributed by atoms with van der Waals surface area (Å²) in [5, 5.41) is 19.2. The average Bonchev–Trinajstić information content (AvgIpc) is 2.77. The van der Waals surface area contributed by atoms with E-state index in [1.165, 1.54) is 9.13 Å². The summed E-state index contributed by atoms with van der Waals surface area (Å²) in [5.74, 6) is -0.371. The standard InChI is InChI=1S/C22H14BrIN4O2S/c23-14-6-10-16(11-7-14)25-26-19-20(29)27(17-4-2-1-3-5-17)22(31)28(21(19)30)18-12-8-15(24)9-13-18/h1-13,30H. The molecule has 0 unspecified atom stereocenters. The summed E-state index contributed by atoms with van der Waals surface area (Å²) in [5.41, 5.74) is 0.941. The van der Waals surface area contributed by atoms with Crippen LogP contribution in [0.25, 0.3) is 11.4 Å². The van der Waals surface area contributed by atoms with Crippen molar-refractivity contribution in [3.8, 4) is 17.3 Å². The van der Waals surface area contributed by atoms with E-state index in [-0.39, 0.29) is 16.3 Å². The van der Waals surface area contributed by atoms with Gasteiger partial charge in [0.25, 0.3) is 5.56 Å². The van der Waals surface area contributed by atoms with E-state index < -0.39 is 5.56 Å². The summed E-state index contributed by atoms with van der Waals surface area (Å²) in [7, 11) is 0. The quantitative estimate of drug-likeness (QED) is 0.157. The van der Waals surface area contributed by atoms with Crippen LogP contribution in [0.15, 0.2) is 98.4 Å². The minimum atomic E-state index is -0.559. The Morgan fingerprint density at radius 2 is 1.45 bits per heavy atom. The molecule has 1 N–H and O–H groups in total. The molecule has 0 aliphatic rings. The Bertz CT molecular complexity index is 1380. The lowest BCUT2D eigenvalue weighted by atomic mass is 10.3. The van der Waals surface area contributed by atoms with E-state index >= 15 is 0 Å². The molecule has 0 aliphatic carbocycles. The van der Waals surface area contributed by atoms with Crippen LogP contribution in [0, 0.1) is 8.34 Å². The molecule has 0 saturated heterocycles. The first-order chi connectivity index (χ1) is 15.0. The van der Waals surface area contributed by atoms with Crippen molar-refractivity contribution in [3.05, 3.63) is 102 Å². The number of benzene rings is 3. The maximum absolute atomic E-state index is 13.3. The average molecular weight is 605 g/mol. The van der Waals surface area contributed by atoms with E-state index in [1.807, 2.05) is 54.6 Å². The maximum atomic E-state index is 13.3. The minimum Gasteiger partial charge on any atom is -0.492 e. The molecule has 0 spiro atoms. The van der Waals surface area contributed by atoms with E-state index in [4.69, 9.17) is 12.2 Å². The molecule has 0 saturated carbocycles. The molecule has 154 valence electrons. The largest absolute Gasteiger partial charge is 0.492 e. The van der Waals surface area contributed by atoms with Gasteiger partial charge < -0.3 is 5.11 Å². The van der Waals surface area contributed by atoms with E-state index in [0.717, 1.165) is 8.04 Å². The Hall–Kier alpha value is -2.63. The summed E-state index contributed by atoms with van der Waals surface area (Å²) in [6, 6.07) is 23.5. The molecule has 4 aromatic rings. The van der Waals surface area contributed by atoms with Crippen LogP contribution in [0.2, 0.25) is 0 Å². The Balaban J connectivity index is 1.98. The van der Waals surface area contributed by atoms with Crippen LogP contribution >= 0.6 is 50.7 Å². The SMILES string of the molecule is O=c1c(N=Nc2ccc(Br)cc2)c(O)n(-c2ccc(I)cc2)c(=S)n1-c1ccccc1. The molecule has 4 rings (SSSR count). The van der Waals surface area contributed by atoms with Crippen LogP contribution in [0.1, 0.15) is 0 Å². The van der Waals surface area contributed by atoms with Crippen molar-refractivity contribution in [1.29, 1.82) is 0 Å². The topological polar surface area (TPSA) is 71.9 Å². The smallest absolute Gasteiger partial charge is 0.290 e. The van der Waals surface area contributed by atoms with Gasteiger partial charge in [-0.1, -0.05) is 34.1 Å². The van der Waals surface area contributed by atoms with Crippen molar-refractivity contribution in [2.24, 2.45) is 10.2 Å². The summed E-state index contributed by atoms with van der Waals surface area (Å²) in [6.07, 6.45) is 0. The summed E-state index contributed by atoms with van der Waals surface area (Å²) in [6.45, 7) is 0. The second kappa shape index (κ2) is 9.25. The van der Waals surface area contributed by atoms with Gasteiger partial charge >= 0.3 is 0 Å². The first-order valence-electron chi connectivity index (χ1n) is 9.05. The Labute approximate surface area is 204 Å². The lowest BCUT2D eigenvalue weighted by molar-refractivity contribution is 0.432. The minimum absolute atomic E-state index is 0.123. The molecular formula is C22H14BrIN4O2S. The van der Waals surface area contributed by atoms with Gasteiger partial charge in [-0.25, -0.2) is 0 Å². The first kappa shape index (κ1) is 21.6. The van der Waals surface area contributed by atoms with Crippen molar-refractivity contribution in [2.45, 2.75) is 0 Å². The molecule has 0 bridgehead atoms. The zero-order valence-corrected chi connectivity index (χ0v) is 20.4.